The third-order valence-corrected chi connectivity index (χ3v) is 8.50. The monoisotopic (exact) mass is 587 g/mol. The zero-order valence-electron chi connectivity index (χ0n) is 24.7. The van der Waals surface area contributed by atoms with Gasteiger partial charge in [-0.25, -0.2) is 19.9 Å². The number of rotatable bonds is 4. The fraction of sp³-hybridized carbons (Fsp3) is 0. The van der Waals surface area contributed by atoms with Crippen molar-refractivity contribution in [2.45, 2.75) is 0 Å². The molecule has 4 aromatic heterocycles. The fourth-order valence-corrected chi connectivity index (χ4v) is 6.22. The van der Waals surface area contributed by atoms with Crippen LogP contribution >= 0.6 is 0 Å². The second kappa shape index (κ2) is 10.7. The molecular weight excluding hydrogens is 562 g/mol. The van der Waals surface area contributed by atoms with E-state index in [2.05, 4.69) is 83.8 Å². The number of hydrogen-bond acceptors (Lipinski definition) is 5. The van der Waals surface area contributed by atoms with E-state index in [4.69, 9.17) is 19.9 Å². The van der Waals surface area contributed by atoms with Crippen LogP contribution in [0.15, 0.2) is 152 Å². The van der Waals surface area contributed by atoms with Gasteiger partial charge < -0.3 is 0 Å². The molecule has 5 heteroatoms. The molecule has 0 aliphatic rings. The van der Waals surface area contributed by atoms with Crippen molar-refractivity contribution in [2.75, 3.05) is 0 Å². The molecule has 9 aromatic rings. The topological polar surface area (TPSA) is 64.5 Å². The number of hydrogen-bond donors (Lipinski definition) is 0. The molecule has 0 N–H and O–H groups in total. The van der Waals surface area contributed by atoms with E-state index >= 15 is 0 Å². The van der Waals surface area contributed by atoms with Crippen molar-refractivity contribution in [3.05, 3.63) is 152 Å². The number of pyridine rings is 3. The van der Waals surface area contributed by atoms with Gasteiger partial charge in [-0.1, -0.05) is 103 Å². The molecule has 5 nitrogen and oxygen atoms in total. The molecular formula is C41H25N5. The van der Waals surface area contributed by atoms with E-state index in [1.807, 2.05) is 66.7 Å². The highest BCUT2D eigenvalue weighted by Gasteiger charge is 2.16. The minimum Gasteiger partial charge on any atom is -0.255 e. The van der Waals surface area contributed by atoms with Gasteiger partial charge in [-0.15, -0.1) is 0 Å². The summed E-state index contributed by atoms with van der Waals surface area (Å²) in [4.78, 5) is 25.0. The molecule has 0 aliphatic carbocycles. The van der Waals surface area contributed by atoms with Crippen LogP contribution in [0, 0.1) is 0 Å². The van der Waals surface area contributed by atoms with Crippen molar-refractivity contribution in [3.63, 3.8) is 0 Å². The average molecular weight is 588 g/mol. The van der Waals surface area contributed by atoms with E-state index in [-0.39, 0.29) is 0 Å². The van der Waals surface area contributed by atoms with Crippen LogP contribution in [0.5, 0.6) is 0 Å². The molecule has 0 bridgehead atoms. The van der Waals surface area contributed by atoms with Crippen LogP contribution in [0.3, 0.4) is 0 Å². The first-order valence-corrected chi connectivity index (χ1v) is 15.3. The number of nitrogens with zero attached hydrogens (tertiary/aromatic N) is 5. The van der Waals surface area contributed by atoms with E-state index < -0.39 is 0 Å². The molecule has 46 heavy (non-hydrogen) atoms. The van der Waals surface area contributed by atoms with Gasteiger partial charge in [0, 0.05) is 33.7 Å². The molecule has 0 aliphatic heterocycles. The van der Waals surface area contributed by atoms with Gasteiger partial charge in [0.15, 0.2) is 0 Å². The van der Waals surface area contributed by atoms with Crippen molar-refractivity contribution >= 4 is 43.6 Å². The molecule has 0 unspecified atom stereocenters. The van der Waals surface area contributed by atoms with Crippen LogP contribution in [0.25, 0.3) is 88.8 Å². The number of benzene rings is 5. The summed E-state index contributed by atoms with van der Waals surface area (Å²) in [6.07, 6.45) is 1.79. The van der Waals surface area contributed by atoms with E-state index in [1.54, 1.807) is 6.20 Å². The molecule has 0 spiro atoms. The van der Waals surface area contributed by atoms with Crippen molar-refractivity contribution in [2.24, 2.45) is 0 Å². The third-order valence-electron chi connectivity index (χ3n) is 8.50. The first-order chi connectivity index (χ1) is 22.8. The summed E-state index contributed by atoms with van der Waals surface area (Å²) in [6, 6.07) is 49.7. The average Bonchev–Trinajstić information content (AvgIpc) is 3.14. The maximum atomic E-state index is 5.18. The first-order valence-electron chi connectivity index (χ1n) is 15.3. The normalized spacial score (nSPS) is 11.5. The van der Waals surface area contributed by atoms with E-state index in [1.165, 1.54) is 0 Å². The lowest BCUT2D eigenvalue weighted by atomic mass is 9.96. The summed E-state index contributed by atoms with van der Waals surface area (Å²) >= 11 is 0. The van der Waals surface area contributed by atoms with Crippen molar-refractivity contribution in [3.8, 4) is 45.2 Å². The fourth-order valence-electron chi connectivity index (χ4n) is 6.22. The Balaban J connectivity index is 1.19. The van der Waals surface area contributed by atoms with E-state index in [9.17, 15) is 0 Å². The molecule has 0 fully saturated rings. The van der Waals surface area contributed by atoms with Crippen molar-refractivity contribution < 1.29 is 0 Å². The second-order valence-corrected chi connectivity index (χ2v) is 11.3. The van der Waals surface area contributed by atoms with Gasteiger partial charge in [-0.2, -0.15) is 0 Å². The standard InChI is InChI=1S/C41H25N5/c1-2-9-26(10-3-1)40-41(46-36-15-5-4-14-35(36)44-40)32-12-8-11-29-25-30(18-21-31(29)32)33-22-19-27-16-17-28-20-23-37(34-13-6-7-24-42-34)45-39(28)38(27)43-33/h1-25H. The van der Waals surface area contributed by atoms with Crippen molar-refractivity contribution in [1.29, 1.82) is 0 Å². The molecule has 0 saturated heterocycles. The Bertz CT molecular complexity index is 2580. The second-order valence-electron chi connectivity index (χ2n) is 11.3. The Hall–Kier alpha value is -6.33. The Kier molecular flexibility index (Phi) is 6.06. The van der Waals surface area contributed by atoms with Crippen LogP contribution < -0.4 is 0 Å². The van der Waals surface area contributed by atoms with Gasteiger partial charge in [-0.3, -0.25) is 4.98 Å². The smallest absolute Gasteiger partial charge is 0.0979 e. The third kappa shape index (κ3) is 4.45. The summed E-state index contributed by atoms with van der Waals surface area (Å²) < 4.78 is 0. The molecule has 0 atom stereocenters. The highest BCUT2D eigenvalue weighted by Crippen LogP contribution is 2.37. The predicted molar refractivity (Wildman–Crippen MR) is 187 cm³/mol. The van der Waals surface area contributed by atoms with Gasteiger partial charge >= 0.3 is 0 Å². The number of aromatic nitrogens is 5. The zero-order valence-corrected chi connectivity index (χ0v) is 24.7. The van der Waals surface area contributed by atoms with Gasteiger partial charge in [0.1, 0.15) is 0 Å². The summed E-state index contributed by atoms with van der Waals surface area (Å²) in [5.74, 6) is 0. The molecule has 9 rings (SSSR count). The largest absolute Gasteiger partial charge is 0.255 e. The SMILES string of the molecule is c1ccc(-c2nc3ccccc3nc2-c2cccc3cc(-c4ccc5ccc6ccc(-c7ccccn7)nc6c5n4)ccc23)cc1. The lowest BCUT2D eigenvalue weighted by Gasteiger charge is -2.13. The summed E-state index contributed by atoms with van der Waals surface area (Å²) in [5, 5.41) is 4.32. The minimum absolute atomic E-state index is 0.831. The Labute approximate surface area is 264 Å². The van der Waals surface area contributed by atoms with Crippen LogP contribution in [-0.2, 0) is 0 Å². The molecule has 5 aromatic carbocycles. The van der Waals surface area contributed by atoms with Gasteiger partial charge in [0.2, 0.25) is 0 Å². The van der Waals surface area contributed by atoms with Crippen LogP contribution in [0.2, 0.25) is 0 Å². The minimum atomic E-state index is 0.831. The Morgan fingerprint density at radius 1 is 0.370 bits per heavy atom. The van der Waals surface area contributed by atoms with Gasteiger partial charge in [0.05, 0.1) is 50.5 Å². The van der Waals surface area contributed by atoms with E-state index in [0.717, 1.165) is 88.8 Å². The van der Waals surface area contributed by atoms with Crippen LogP contribution in [0.1, 0.15) is 0 Å². The Morgan fingerprint density at radius 3 is 1.80 bits per heavy atom. The molecule has 0 saturated carbocycles. The Morgan fingerprint density at radius 2 is 1.04 bits per heavy atom. The first kappa shape index (κ1) is 26.1. The van der Waals surface area contributed by atoms with Crippen molar-refractivity contribution in [1.82, 2.24) is 24.9 Å². The quantitative estimate of drug-likeness (QED) is 0.192. The summed E-state index contributed by atoms with van der Waals surface area (Å²) in [6.45, 7) is 0. The summed E-state index contributed by atoms with van der Waals surface area (Å²) in [7, 11) is 0. The highest BCUT2D eigenvalue weighted by atomic mass is 14.8. The van der Waals surface area contributed by atoms with Gasteiger partial charge in [-0.05, 0) is 53.2 Å². The molecule has 0 radical (unpaired) electrons. The number of fused-ring (bicyclic) bond motifs is 5. The molecule has 4 heterocycles. The molecule has 214 valence electrons. The maximum absolute atomic E-state index is 5.18. The lowest BCUT2D eigenvalue weighted by Crippen LogP contribution is -1.96. The van der Waals surface area contributed by atoms with Crippen LogP contribution in [-0.4, -0.2) is 24.9 Å². The number of para-hydroxylation sites is 2. The van der Waals surface area contributed by atoms with Crippen LogP contribution in [0.4, 0.5) is 0 Å². The lowest BCUT2D eigenvalue weighted by molar-refractivity contribution is 1.27. The maximum Gasteiger partial charge on any atom is 0.0979 e. The van der Waals surface area contributed by atoms with E-state index in [0.29, 0.717) is 0 Å². The van der Waals surface area contributed by atoms with Gasteiger partial charge in [0.25, 0.3) is 0 Å². The summed E-state index contributed by atoms with van der Waals surface area (Å²) in [5.41, 5.74) is 10.9. The highest BCUT2D eigenvalue weighted by molar-refractivity contribution is 6.05. The predicted octanol–water partition coefficient (Wildman–Crippen LogP) is 9.94. The molecule has 0 amide bonds. The zero-order chi connectivity index (χ0) is 30.5.